The lowest BCUT2D eigenvalue weighted by Crippen LogP contribution is -2.23. The average Bonchev–Trinajstić information content (AvgIpc) is 3.07. The van der Waals surface area contributed by atoms with Crippen molar-refractivity contribution in [1.82, 2.24) is 0 Å². The lowest BCUT2D eigenvalue weighted by Gasteiger charge is -2.17. The van der Waals surface area contributed by atoms with Crippen LogP contribution in [0.1, 0.15) is 12.8 Å². The summed E-state index contributed by atoms with van der Waals surface area (Å²) in [5.41, 5.74) is 1.15. The molecular weight excluding hydrogens is 436 g/mol. The quantitative estimate of drug-likeness (QED) is 0.722. The minimum atomic E-state index is -3.86. The third-order valence-corrected chi connectivity index (χ3v) is 6.57. The molecule has 1 aliphatic heterocycles. The van der Waals surface area contributed by atoms with Gasteiger partial charge in [0.1, 0.15) is 4.90 Å². The summed E-state index contributed by atoms with van der Waals surface area (Å²) >= 11 is 3.26. The highest BCUT2D eigenvalue weighted by atomic mass is 79.9. The summed E-state index contributed by atoms with van der Waals surface area (Å²) in [6, 6.07) is 9.65. The van der Waals surface area contributed by atoms with E-state index in [1.54, 1.807) is 29.2 Å². The van der Waals surface area contributed by atoms with Gasteiger partial charge >= 0.3 is 0 Å². The van der Waals surface area contributed by atoms with Crippen LogP contribution in [-0.2, 0) is 14.8 Å². The second-order valence-electron chi connectivity index (χ2n) is 5.94. The average molecular weight is 455 g/mol. The lowest BCUT2D eigenvalue weighted by atomic mass is 10.2. The van der Waals surface area contributed by atoms with E-state index in [2.05, 4.69) is 20.7 Å². The highest BCUT2D eigenvalue weighted by molar-refractivity contribution is 9.10. The molecule has 2 aromatic rings. The first kappa shape index (κ1) is 19.5. The summed E-state index contributed by atoms with van der Waals surface area (Å²) in [7, 11) is -0.943. The fourth-order valence-electron chi connectivity index (χ4n) is 2.88. The maximum atomic E-state index is 12.8. The Balaban J connectivity index is 1.85. The van der Waals surface area contributed by atoms with Crippen LogP contribution in [0.5, 0.6) is 11.5 Å². The summed E-state index contributed by atoms with van der Waals surface area (Å²) < 4.78 is 38.8. The summed E-state index contributed by atoms with van der Waals surface area (Å²) in [5.74, 6) is 0.810. The maximum absolute atomic E-state index is 12.8. The maximum Gasteiger partial charge on any atom is 0.263 e. The standard InChI is InChI=1S/C18H19BrN2O5S/c1-25-15-10-14(19)17(11-16(15)26-2)27(23,24)20-12-5-7-13(8-6-12)21-9-3-4-18(21)22/h5-8,10-11,20H,3-4,9H2,1-2H3. The molecule has 0 unspecified atom stereocenters. The van der Waals surface area contributed by atoms with Crippen LogP contribution in [0.2, 0.25) is 0 Å². The molecule has 0 radical (unpaired) electrons. The largest absolute Gasteiger partial charge is 0.493 e. The van der Waals surface area contributed by atoms with Gasteiger partial charge in [0.2, 0.25) is 5.91 Å². The van der Waals surface area contributed by atoms with E-state index in [0.717, 1.165) is 12.1 Å². The van der Waals surface area contributed by atoms with E-state index >= 15 is 0 Å². The number of nitrogens with one attached hydrogen (secondary N) is 1. The van der Waals surface area contributed by atoms with E-state index in [0.29, 0.717) is 34.6 Å². The number of amides is 1. The number of ether oxygens (including phenoxy) is 2. The SMILES string of the molecule is COc1cc(Br)c(S(=O)(=O)Nc2ccc(N3CCCC3=O)cc2)cc1OC. The second kappa shape index (κ2) is 7.77. The molecule has 2 aromatic carbocycles. The predicted octanol–water partition coefficient (Wildman–Crippen LogP) is 3.39. The smallest absolute Gasteiger partial charge is 0.263 e. The number of carbonyl (C=O) groups is 1. The van der Waals surface area contributed by atoms with Crippen molar-refractivity contribution in [2.75, 3.05) is 30.4 Å². The first-order valence-corrected chi connectivity index (χ1v) is 10.5. The van der Waals surface area contributed by atoms with E-state index in [-0.39, 0.29) is 10.8 Å². The van der Waals surface area contributed by atoms with Crippen LogP contribution in [0, 0.1) is 0 Å². The van der Waals surface area contributed by atoms with Crippen molar-refractivity contribution in [3.05, 3.63) is 40.9 Å². The molecule has 1 N–H and O–H groups in total. The van der Waals surface area contributed by atoms with Gasteiger partial charge in [0.15, 0.2) is 11.5 Å². The summed E-state index contributed by atoms with van der Waals surface area (Å²) in [6.45, 7) is 0.683. The van der Waals surface area contributed by atoms with Gasteiger partial charge in [0.25, 0.3) is 10.0 Å². The zero-order valence-corrected chi connectivity index (χ0v) is 17.3. The summed E-state index contributed by atoms with van der Waals surface area (Å²) in [4.78, 5) is 13.5. The van der Waals surface area contributed by atoms with Gasteiger partial charge in [0, 0.05) is 34.9 Å². The van der Waals surface area contributed by atoms with Crippen molar-refractivity contribution in [2.45, 2.75) is 17.7 Å². The Hall–Kier alpha value is -2.26. The number of rotatable bonds is 6. The number of hydrogen-bond donors (Lipinski definition) is 1. The number of anilines is 2. The Morgan fingerprint density at radius 3 is 2.26 bits per heavy atom. The zero-order valence-electron chi connectivity index (χ0n) is 14.9. The minimum Gasteiger partial charge on any atom is -0.493 e. The number of halogens is 1. The number of benzene rings is 2. The number of methoxy groups -OCH3 is 2. The molecule has 0 spiro atoms. The van der Waals surface area contributed by atoms with Crippen molar-refractivity contribution in [1.29, 1.82) is 0 Å². The van der Waals surface area contributed by atoms with E-state index in [1.165, 1.54) is 26.4 Å². The van der Waals surface area contributed by atoms with E-state index < -0.39 is 10.0 Å². The molecule has 1 saturated heterocycles. The number of nitrogens with zero attached hydrogens (tertiary/aromatic N) is 1. The van der Waals surface area contributed by atoms with E-state index in [4.69, 9.17) is 9.47 Å². The number of sulfonamides is 1. The molecule has 1 fully saturated rings. The monoisotopic (exact) mass is 454 g/mol. The zero-order chi connectivity index (χ0) is 19.6. The summed E-state index contributed by atoms with van der Waals surface area (Å²) in [5, 5.41) is 0. The van der Waals surface area contributed by atoms with E-state index in [9.17, 15) is 13.2 Å². The first-order chi connectivity index (χ1) is 12.9. The normalized spacial score (nSPS) is 14.3. The Morgan fingerprint density at radius 1 is 1.07 bits per heavy atom. The van der Waals surface area contributed by atoms with Crippen LogP contribution in [-0.4, -0.2) is 35.1 Å². The third-order valence-electron chi connectivity index (χ3n) is 4.23. The highest BCUT2D eigenvalue weighted by Gasteiger charge is 2.23. The van der Waals surface area contributed by atoms with Gasteiger partial charge in [-0.25, -0.2) is 8.42 Å². The van der Waals surface area contributed by atoms with Gasteiger partial charge in [-0.3, -0.25) is 9.52 Å². The van der Waals surface area contributed by atoms with Crippen LogP contribution >= 0.6 is 15.9 Å². The molecule has 0 saturated carbocycles. The van der Waals surface area contributed by atoms with Crippen molar-refractivity contribution < 1.29 is 22.7 Å². The Morgan fingerprint density at radius 2 is 1.70 bits per heavy atom. The van der Waals surface area contributed by atoms with Crippen molar-refractivity contribution >= 4 is 43.2 Å². The molecule has 0 atom stereocenters. The topological polar surface area (TPSA) is 84.9 Å². The van der Waals surface area contributed by atoms with Crippen LogP contribution < -0.4 is 19.1 Å². The lowest BCUT2D eigenvalue weighted by molar-refractivity contribution is -0.117. The molecule has 1 heterocycles. The molecule has 7 nitrogen and oxygen atoms in total. The Bertz CT molecular complexity index is 960. The van der Waals surface area contributed by atoms with Crippen molar-refractivity contribution in [3.63, 3.8) is 0 Å². The van der Waals surface area contributed by atoms with Gasteiger partial charge in [-0.05, 0) is 52.7 Å². The molecule has 1 amide bonds. The van der Waals surface area contributed by atoms with Crippen LogP contribution in [0.25, 0.3) is 0 Å². The molecule has 0 aromatic heterocycles. The number of carbonyl (C=O) groups excluding carboxylic acids is 1. The Labute approximate surface area is 166 Å². The molecule has 27 heavy (non-hydrogen) atoms. The predicted molar refractivity (Wildman–Crippen MR) is 106 cm³/mol. The van der Waals surface area contributed by atoms with Gasteiger partial charge < -0.3 is 14.4 Å². The fraction of sp³-hybridized carbons (Fsp3) is 0.278. The molecular formula is C18H19BrN2O5S. The van der Waals surface area contributed by atoms with E-state index in [1.807, 2.05) is 0 Å². The van der Waals surface area contributed by atoms with Crippen molar-refractivity contribution in [3.8, 4) is 11.5 Å². The molecule has 1 aliphatic rings. The fourth-order valence-corrected chi connectivity index (χ4v) is 4.98. The van der Waals surface area contributed by atoms with Gasteiger partial charge in [0.05, 0.1) is 14.2 Å². The van der Waals surface area contributed by atoms with Gasteiger partial charge in [-0.1, -0.05) is 0 Å². The molecule has 0 bridgehead atoms. The number of hydrogen-bond acceptors (Lipinski definition) is 5. The second-order valence-corrected chi connectivity index (χ2v) is 8.44. The molecule has 3 rings (SSSR count). The molecule has 0 aliphatic carbocycles. The minimum absolute atomic E-state index is 0.0268. The molecule has 144 valence electrons. The van der Waals surface area contributed by atoms with Crippen molar-refractivity contribution in [2.24, 2.45) is 0 Å². The molecule has 9 heteroatoms. The Kier molecular flexibility index (Phi) is 5.61. The highest BCUT2D eigenvalue weighted by Crippen LogP contribution is 2.36. The first-order valence-electron chi connectivity index (χ1n) is 8.20. The van der Waals surface area contributed by atoms with Gasteiger partial charge in [-0.2, -0.15) is 0 Å². The van der Waals surface area contributed by atoms with Crippen LogP contribution in [0.4, 0.5) is 11.4 Å². The third kappa shape index (κ3) is 4.03. The van der Waals surface area contributed by atoms with Crippen LogP contribution in [0.3, 0.4) is 0 Å². The van der Waals surface area contributed by atoms with Gasteiger partial charge in [-0.15, -0.1) is 0 Å². The van der Waals surface area contributed by atoms with Crippen LogP contribution in [0.15, 0.2) is 45.8 Å². The summed E-state index contributed by atoms with van der Waals surface area (Å²) in [6.07, 6.45) is 1.38.